The van der Waals surface area contributed by atoms with Gasteiger partial charge in [-0.05, 0) is 18.2 Å². The molecule has 0 spiro atoms. The molecule has 1 atom stereocenters. The standard InChI is InChI=1S/C27H26F2N8O2/c28-16-3-4-37-22(11-31-24(37)7-16)26-20-9-33-27(38)25(20)21(10-32-26)34-23-2-1-18(8-30-23)36-5-6-39-19(15-36)14-35-12-17(29)13-35/h1-4,7-8,10-11,17,19H,5-6,9,12-15H2,(H,30,34)(H,33,38)/t19-/m1/s1. The van der Waals surface area contributed by atoms with Gasteiger partial charge in [0, 0.05) is 57.1 Å². The van der Waals surface area contributed by atoms with E-state index in [9.17, 15) is 13.6 Å². The molecule has 12 heteroatoms. The van der Waals surface area contributed by atoms with Crippen LogP contribution in [0.2, 0.25) is 0 Å². The molecule has 0 unspecified atom stereocenters. The van der Waals surface area contributed by atoms with Crippen molar-refractivity contribution in [3.63, 3.8) is 0 Å². The van der Waals surface area contributed by atoms with Crippen LogP contribution >= 0.6 is 0 Å². The number of amides is 1. The van der Waals surface area contributed by atoms with Crippen molar-refractivity contribution in [2.45, 2.75) is 18.8 Å². The Kier molecular flexibility index (Phi) is 5.85. The van der Waals surface area contributed by atoms with E-state index in [-0.39, 0.29) is 17.8 Å². The Morgan fingerprint density at radius 3 is 2.82 bits per heavy atom. The van der Waals surface area contributed by atoms with Crippen LogP contribution in [-0.4, -0.2) is 81.8 Å². The van der Waals surface area contributed by atoms with E-state index in [1.54, 1.807) is 29.2 Å². The first-order chi connectivity index (χ1) is 19.0. The quantitative estimate of drug-likeness (QED) is 0.391. The van der Waals surface area contributed by atoms with E-state index in [4.69, 9.17) is 4.74 Å². The van der Waals surface area contributed by atoms with Gasteiger partial charge in [0.1, 0.15) is 23.5 Å². The minimum absolute atomic E-state index is 0.0293. The molecule has 7 rings (SSSR count). The second-order valence-electron chi connectivity index (χ2n) is 10.1. The van der Waals surface area contributed by atoms with Crippen LogP contribution in [0, 0.1) is 5.82 Å². The van der Waals surface area contributed by atoms with E-state index in [1.165, 1.54) is 12.1 Å². The smallest absolute Gasteiger partial charge is 0.254 e. The molecule has 7 heterocycles. The first-order valence-corrected chi connectivity index (χ1v) is 12.9. The van der Waals surface area contributed by atoms with Gasteiger partial charge in [0.05, 0.1) is 59.6 Å². The summed E-state index contributed by atoms with van der Waals surface area (Å²) in [6.45, 7) is 4.11. The van der Waals surface area contributed by atoms with Crippen LogP contribution in [0.5, 0.6) is 0 Å². The molecule has 0 radical (unpaired) electrons. The summed E-state index contributed by atoms with van der Waals surface area (Å²) in [7, 11) is 0. The third kappa shape index (κ3) is 4.45. The lowest BCUT2D eigenvalue weighted by Crippen LogP contribution is -2.55. The Balaban J connectivity index is 1.10. The van der Waals surface area contributed by atoms with Crippen LogP contribution in [-0.2, 0) is 11.3 Å². The number of hydrogen-bond acceptors (Lipinski definition) is 8. The predicted octanol–water partition coefficient (Wildman–Crippen LogP) is 2.78. The van der Waals surface area contributed by atoms with E-state index < -0.39 is 6.17 Å². The molecule has 0 bridgehead atoms. The number of morpholine rings is 1. The number of carbonyl (C=O) groups excluding carboxylic acids is 1. The highest BCUT2D eigenvalue weighted by molar-refractivity contribution is 6.05. The zero-order chi connectivity index (χ0) is 26.5. The molecule has 2 fully saturated rings. The summed E-state index contributed by atoms with van der Waals surface area (Å²) < 4.78 is 34.4. The van der Waals surface area contributed by atoms with E-state index in [1.807, 2.05) is 12.1 Å². The first-order valence-electron chi connectivity index (χ1n) is 12.9. The maximum absolute atomic E-state index is 13.6. The average molecular weight is 533 g/mol. The van der Waals surface area contributed by atoms with E-state index in [0.29, 0.717) is 60.3 Å². The van der Waals surface area contributed by atoms with Crippen molar-refractivity contribution in [1.82, 2.24) is 29.6 Å². The number of pyridine rings is 3. The largest absolute Gasteiger partial charge is 0.373 e. The van der Waals surface area contributed by atoms with E-state index in [2.05, 4.69) is 35.4 Å². The van der Waals surface area contributed by atoms with Gasteiger partial charge in [-0.25, -0.2) is 18.7 Å². The first kappa shape index (κ1) is 23.9. The van der Waals surface area contributed by atoms with Crippen molar-refractivity contribution in [1.29, 1.82) is 0 Å². The Labute approximate surface area is 222 Å². The third-order valence-corrected chi connectivity index (χ3v) is 7.44. The summed E-state index contributed by atoms with van der Waals surface area (Å²) in [6, 6.07) is 6.56. The average Bonchev–Trinajstić information content (AvgIpc) is 3.52. The van der Waals surface area contributed by atoms with Crippen LogP contribution in [0.4, 0.5) is 26.0 Å². The van der Waals surface area contributed by atoms with Gasteiger partial charge >= 0.3 is 0 Å². The van der Waals surface area contributed by atoms with Crippen molar-refractivity contribution in [3.8, 4) is 11.4 Å². The minimum atomic E-state index is -0.718. The van der Waals surface area contributed by atoms with Crippen LogP contribution in [0.3, 0.4) is 0 Å². The van der Waals surface area contributed by atoms with Crippen LogP contribution in [0.1, 0.15) is 15.9 Å². The van der Waals surface area contributed by atoms with Gasteiger partial charge in [0.15, 0.2) is 0 Å². The van der Waals surface area contributed by atoms with Gasteiger partial charge in [0.25, 0.3) is 5.91 Å². The molecule has 200 valence electrons. The van der Waals surface area contributed by atoms with Crippen molar-refractivity contribution in [3.05, 3.63) is 66.0 Å². The Bertz CT molecular complexity index is 1550. The molecule has 1 amide bonds. The third-order valence-electron chi connectivity index (χ3n) is 7.44. The van der Waals surface area contributed by atoms with Crippen LogP contribution in [0.25, 0.3) is 17.0 Å². The summed E-state index contributed by atoms with van der Waals surface area (Å²) in [5.74, 6) is 0.0114. The monoisotopic (exact) mass is 532 g/mol. The number of nitrogens with one attached hydrogen (secondary N) is 2. The number of nitrogens with zero attached hydrogens (tertiary/aromatic N) is 6. The maximum Gasteiger partial charge on any atom is 0.254 e. The molecule has 4 aromatic rings. The number of ether oxygens (including phenoxy) is 1. The van der Waals surface area contributed by atoms with Gasteiger partial charge in [0.2, 0.25) is 0 Å². The number of anilines is 3. The van der Waals surface area contributed by atoms with Crippen molar-refractivity contribution < 1.29 is 18.3 Å². The summed E-state index contributed by atoms with van der Waals surface area (Å²) in [5.41, 5.74) is 4.52. The Morgan fingerprint density at radius 1 is 1.10 bits per heavy atom. The normalized spacial score (nSPS) is 19.7. The summed E-state index contributed by atoms with van der Waals surface area (Å²) in [6.07, 6.45) is 5.95. The molecule has 0 aromatic carbocycles. The fourth-order valence-corrected chi connectivity index (χ4v) is 5.48. The molecule has 0 saturated carbocycles. The molecule has 0 aliphatic carbocycles. The van der Waals surface area contributed by atoms with Crippen LogP contribution in [0.15, 0.2) is 49.1 Å². The number of likely N-dealkylation sites (tertiary alicyclic amines) is 1. The van der Waals surface area contributed by atoms with Gasteiger partial charge in [-0.3, -0.25) is 19.1 Å². The number of rotatable bonds is 6. The number of aromatic nitrogens is 4. The summed E-state index contributed by atoms with van der Waals surface area (Å²) in [5, 5.41) is 6.12. The summed E-state index contributed by atoms with van der Waals surface area (Å²) in [4.78, 5) is 30.6. The number of fused-ring (bicyclic) bond motifs is 2. The van der Waals surface area contributed by atoms with Gasteiger partial charge in [-0.15, -0.1) is 0 Å². The zero-order valence-electron chi connectivity index (χ0n) is 21.0. The minimum Gasteiger partial charge on any atom is -0.373 e. The van der Waals surface area contributed by atoms with E-state index in [0.717, 1.165) is 30.9 Å². The Hall–Kier alpha value is -4.16. The summed E-state index contributed by atoms with van der Waals surface area (Å²) >= 11 is 0. The molecule has 2 saturated heterocycles. The number of hydrogen-bond donors (Lipinski definition) is 2. The number of alkyl halides is 1. The SMILES string of the molecule is O=C1NCc2c(-c3cnc4cc(F)ccn34)ncc(Nc3ccc(N4CCO[C@H](CN5CC(F)C5)C4)cn3)c21. The number of imidazole rings is 1. The van der Waals surface area contributed by atoms with Gasteiger partial charge < -0.3 is 20.3 Å². The lowest BCUT2D eigenvalue weighted by Gasteiger charge is -2.40. The molecule has 39 heavy (non-hydrogen) atoms. The molecular formula is C27H26F2N8O2. The number of halogens is 2. The second kappa shape index (κ2) is 9.54. The van der Waals surface area contributed by atoms with E-state index >= 15 is 0 Å². The zero-order valence-corrected chi connectivity index (χ0v) is 21.0. The fraction of sp³-hybridized carbons (Fsp3) is 0.333. The maximum atomic E-state index is 13.6. The topological polar surface area (TPSA) is 99.9 Å². The second-order valence-corrected chi connectivity index (χ2v) is 10.1. The van der Waals surface area contributed by atoms with Crippen molar-refractivity contribution >= 4 is 28.7 Å². The molecule has 10 nitrogen and oxygen atoms in total. The van der Waals surface area contributed by atoms with Gasteiger partial charge in [-0.1, -0.05) is 0 Å². The Morgan fingerprint density at radius 2 is 2.00 bits per heavy atom. The molecule has 4 aromatic heterocycles. The van der Waals surface area contributed by atoms with Gasteiger partial charge in [-0.2, -0.15) is 0 Å². The highest BCUT2D eigenvalue weighted by Crippen LogP contribution is 2.33. The highest BCUT2D eigenvalue weighted by atomic mass is 19.1. The number of carbonyl (C=O) groups is 1. The fourth-order valence-electron chi connectivity index (χ4n) is 5.48. The predicted molar refractivity (Wildman–Crippen MR) is 140 cm³/mol. The highest BCUT2D eigenvalue weighted by Gasteiger charge is 2.31. The van der Waals surface area contributed by atoms with Crippen LogP contribution < -0.4 is 15.5 Å². The molecular weight excluding hydrogens is 506 g/mol. The lowest BCUT2D eigenvalue weighted by molar-refractivity contribution is -0.0202. The molecule has 3 aliphatic heterocycles. The van der Waals surface area contributed by atoms with Crippen molar-refractivity contribution in [2.24, 2.45) is 0 Å². The molecule has 2 N–H and O–H groups in total. The molecule has 3 aliphatic rings. The lowest BCUT2D eigenvalue weighted by atomic mass is 10.1. The van der Waals surface area contributed by atoms with Crippen molar-refractivity contribution in [2.75, 3.05) is 49.5 Å².